The van der Waals surface area contributed by atoms with E-state index in [9.17, 15) is 15.0 Å². The fourth-order valence-electron chi connectivity index (χ4n) is 0.837. The maximum absolute atomic E-state index is 10.7. The van der Waals surface area contributed by atoms with Gasteiger partial charge in [-0.1, -0.05) is 6.07 Å². The van der Waals surface area contributed by atoms with Gasteiger partial charge in [0.25, 0.3) is 0 Å². The Morgan fingerprint density at radius 2 is 2.25 bits per heavy atom. The first-order chi connectivity index (χ1) is 5.63. The van der Waals surface area contributed by atoms with Crippen LogP contribution in [0.1, 0.15) is 17.9 Å². The van der Waals surface area contributed by atoms with Crippen molar-refractivity contribution in [2.75, 3.05) is 0 Å². The Balaban J connectivity index is 2.71. The van der Waals surface area contributed by atoms with Crippen LogP contribution in [0.2, 0.25) is 0 Å². The van der Waals surface area contributed by atoms with Crippen molar-refractivity contribution in [3.05, 3.63) is 22.4 Å². The van der Waals surface area contributed by atoms with Crippen molar-refractivity contribution in [3.8, 4) is 0 Å². The van der Waals surface area contributed by atoms with Crippen molar-refractivity contribution in [2.45, 2.75) is 19.1 Å². The largest absolute Gasteiger partial charge is 0.384 e. The lowest BCUT2D eigenvalue weighted by Gasteiger charge is -2.12. The first-order valence-corrected chi connectivity index (χ1v) is 4.41. The lowest BCUT2D eigenvalue weighted by molar-refractivity contribution is -0.130. The third-order valence-corrected chi connectivity index (χ3v) is 2.49. The van der Waals surface area contributed by atoms with Crippen LogP contribution in [-0.4, -0.2) is 22.1 Å². The molecule has 0 fully saturated rings. The van der Waals surface area contributed by atoms with Gasteiger partial charge in [0.05, 0.1) is 0 Å². The minimum atomic E-state index is -1.30. The minimum absolute atomic E-state index is 0.420. The Hall–Kier alpha value is -0.710. The molecule has 1 aromatic rings. The molecule has 12 heavy (non-hydrogen) atoms. The van der Waals surface area contributed by atoms with Gasteiger partial charge in [0, 0.05) is 4.88 Å². The second-order valence-electron chi connectivity index (χ2n) is 2.52. The predicted molar refractivity (Wildman–Crippen MR) is 46.0 cm³/mol. The standard InChI is InChI=1S/C8H10O3S/c1-5(9)7(10)8(11)6-3-2-4-12-6/h2-4,7-8,10-11H,1H3/t7-,8+/m1/s1. The number of aliphatic hydroxyl groups excluding tert-OH is 2. The van der Waals surface area contributed by atoms with E-state index in [-0.39, 0.29) is 0 Å². The van der Waals surface area contributed by atoms with E-state index < -0.39 is 18.0 Å². The predicted octanol–water partition coefficient (Wildman–Crippen LogP) is 0.731. The summed E-state index contributed by atoms with van der Waals surface area (Å²) in [6, 6.07) is 3.44. The van der Waals surface area contributed by atoms with Gasteiger partial charge >= 0.3 is 0 Å². The molecule has 0 bridgehead atoms. The van der Waals surface area contributed by atoms with Gasteiger partial charge in [-0.3, -0.25) is 4.79 Å². The molecule has 4 heteroatoms. The topological polar surface area (TPSA) is 57.5 Å². The van der Waals surface area contributed by atoms with Crippen LogP contribution >= 0.6 is 11.3 Å². The van der Waals surface area contributed by atoms with Crippen LogP contribution in [0, 0.1) is 0 Å². The monoisotopic (exact) mass is 186 g/mol. The minimum Gasteiger partial charge on any atom is -0.384 e. The van der Waals surface area contributed by atoms with Gasteiger partial charge in [-0.2, -0.15) is 0 Å². The fourth-order valence-corrected chi connectivity index (χ4v) is 1.58. The van der Waals surface area contributed by atoms with Gasteiger partial charge in [-0.25, -0.2) is 0 Å². The maximum atomic E-state index is 10.7. The summed E-state index contributed by atoms with van der Waals surface area (Å²) in [4.78, 5) is 11.3. The number of carbonyl (C=O) groups is 1. The van der Waals surface area contributed by atoms with Gasteiger partial charge in [-0.15, -0.1) is 11.3 Å². The summed E-state index contributed by atoms with van der Waals surface area (Å²) in [5.41, 5.74) is 0. The number of rotatable bonds is 3. The quantitative estimate of drug-likeness (QED) is 0.731. The highest BCUT2D eigenvalue weighted by molar-refractivity contribution is 7.10. The maximum Gasteiger partial charge on any atom is 0.161 e. The third kappa shape index (κ3) is 1.91. The number of hydrogen-bond donors (Lipinski definition) is 2. The Kier molecular flexibility index (Phi) is 2.97. The molecule has 3 nitrogen and oxygen atoms in total. The normalized spacial score (nSPS) is 15.6. The van der Waals surface area contributed by atoms with Crippen LogP contribution in [0.3, 0.4) is 0 Å². The van der Waals surface area contributed by atoms with Crippen LogP contribution < -0.4 is 0 Å². The molecule has 2 N–H and O–H groups in total. The highest BCUT2D eigenvalue weighted by Crippen LogP contribution is 2.21. The summed E-state index contributed by atoms with van der Waals surface area (Å²) < 4.78 is 0. The van der Waals surface area contributed by atoms with Crippen LogP contribution in [0.4, 0.5) is 0 Å². The Labute approximate surface area is 74.3 Å². The van der Waals surface area contributed by atoms with E-state index in [2.05, 4.69) is 0 Å². The number of Topliss-reactive ketones (excluding diaryl/α,β-unsaturated/α-hetero) is 1. The van der Waals surface area contributed by atoms with Crippen LogP contribution in [0.25, 0.3) is 0 Å². The number of aliphatic hydroxyl groups is 2. The third-order valence-electron chi connectivity index (χ3n) is 1.55. The molecule has 66 valence electrons. The van der Waals surface area contributed by atoms with Crippen LogP contribution in [-0.2, 0) is 4.79 Å². The van der Waals surface area contributed by atoms with Crippen LogP contribution in [0.15, 0.2) is 17.5 Å². The van der Waals surface area contributed by atoms with Crippen molar-refractivity contribution in [1.82, 2.24) is 0 Å². The zero-order valence-electron chi connectivity index (χ0n) is 6.60. The summed E-state index contributed by atoms with van der Waals surface area (Å²) in [5, 5.41) is 20.3. The molecule has 0 spiro atoms. The molecule has 0 unspecified atom stereocenters. The molecule has 2 atom stereocenters. The van der Waals surface area contributed by atoms with Gasteiger partial charge in [-0.05, 0) is 18.4 Å². The van der Waals surface area contributed by atoms with Gasteiger partial charge in [0.15, 0.2) is 5.78 Å². The van der Waals surface area contributed by atoms with Crippen molar-refractivity contribution in [2.24, 2.45) is 0 Å². The molecule has 1 rings (SSSR count). The van der Waals surface area contributed by atoms with E-state index in [0.29, 0.717) is 4.88 Å². The van der Waals surface area contributed by atoms with Gasteiger partial charge in [0.1, 0.15) is 12.2 Å². The summed E-state index contributed by atoms with van der Waals surface area (Å²) >= 11 is 1.31. The second-order valence-corrected chi connectivity index (χ2v) is 3.50. The molecular weight excluding hydrogens is 176 g/mol. The Bertz CT molecular complexity index is 255. The smallest absolute Gasteiger partial charge is 0.161 e. The number of thiophene rings is 1. The molecule has 1 heterocycles. The summed E-state index contributed by atoms with van der Waals surface area (Å²) in [6.45, 7) is 1.25. The van der Waals surface area contributed by atoms with Gasteiger partial charge in [0.2, 0.25) is 0 Å². The number of carbonyl (C=O) groups excluding carboxylic acids is 1. The summed E-state index contributed by atoms with van der Waals surface area (Å²) in [7, 11) is 0. The molecule has 0 saturated heterocycles. The molecular formula is C8H10O3S. The average molecular weight is 186 g/mol. The molecule has 0 saturated carbocycles. The molecule has 0 aliphatic heterocycles. The first-order valence-electron chi connectivity index (χ1n) is 3.53. The van der Waals surface area contributed by atoms with Gasteiger partial charge < -0.3 is 10.2 Å². The zero-order chi connectivity index (χ0) is 9.14. The number of hydrogen-bond acceptors (Lipinski definition) is 4. The average Bonchev–Trinajstić information content (AvgIpc) is 2.53. The van der Waals surface area contributed by atoms with E-state index in [1.54, 1.807) is 17.5 Å². The SMILES string of the molecule is CC(=O)[C@@H](O)[C@@H](O)c1cccs1. The summed E-state index contributed by atoms with van der Waals surface area (Å²) in [6.07, 6.45) is -2.38. The second kappa shape index (κ2) is 3.80. The molecule has 0 aromatic carbocycles. The van der Waals surface area contributed by atoms with E-state index in [4.69, 9.17) is 0 Å². The fraction of sp³-hybridized carbons (Fsp3) is 0.375. The van der Waals surface area contributed by atoms with Crippen molar-refractivity contribution >= 4 is 17.1 Å². The Morgan fingerprint density at radius 3 is 2.67 bits per heavy atom. The molecule has 1 aromatic heterocycles. The lowest BCUT2D eigenvalue weighted by Crippen LogP contribution is -2.24. The van der Waals surface area contributed by atoms with Crippen molar-refractivity contribution in [1.29, 1.82) is 0 Å². The summed E-state index contributed by atoms with van der Waals surface area (Å²) in [5.74, 6) is -0.420. The van der Waals surface area contributed by atoms with E-state index in [1.165, 1.54) is 18.3 Å². The van der Waals surface area contributed by atoms with E-state index >= 15 is 0 Å². The highest BCUT2D eigenvalue weighted by Gasteiger charge is 2.22. The van der Waals surface area contributed by atoms with E-state index in [0.717, 1.165) is 0 Å². The first kappa shape index (κ1) is 9.38. The molecule has 0 amide bonds. The number of ketones is 1. The highest BCUT2D eigenvalue weighted by atomic mass is 32.1. The lowest BCUT2D eigenvalue weighted by atomic mass is 10.1. The van der Waals surface area contributed by atoms with Crippen LogP contribution in [0.5, 0.6) is 0 Å². The molecule has 0 radical (unpaired) electrons. The van der Waals surface area contributed by atoms with Crippen molar-refractivity contribution in [3.63, 3.8) is 0 Å². The Morgan fingerprint density at radius 1 is 1.58 bits per heavy atom. The van der Waals surface area contributed by atoms with Crippen molar-refractivity contribution < 1.29 is 15.0 Å². The zero-order valence-corrected chi connectivity index (χ0v) is 7.41. The molecule has 0 aliphatic carbocycles. The van der Waals surface area contributed by atoms with E-state index in [1.807, 2.05) is 0 Å². The molecule has 0 aliphatic rings.